The van der Waals surface area contributed by atoms with Crippen LogP contribution < -0.4 is 5.32 Å². The molecule has 1 aromatic carbocycles. The van der Waals surface area contributed by atoms with Crippen molar-refractivity contribution >= 4 is 26.9 Å². The number of hydrogen-bond donors (Lipinski definition) is 1. The van der Waals surface area contributed by atoms with E-state index in [0.29, 0.717) is 26.1 Å². The molecule has 0 aliphatic heterocycles. The van der Waals surface area contributed by atoms with Crippen molar-refractivity contribution in [2.24, 2.45) is 0 Å². The number of furan rings is 1. The summed E-state index contributed by atoms with van der Waals surface area (Å²) in [5.74, 6) is -0.0941. The summed E-state index contributed by atoms with van der Waals surface area (Å²) in [4.78, 5) is 12.1. The van der Waals surface area contributed by atoms with Crippen molar-refractivity contribution in [1.29, 1.82) is 0 Å². The zero-order chi connectivity index (χ0) is 18.6. The third-order valence-electron chi connectivity index (χ3n) is 4.42. The van der Waals surface area contributed by atoms with Crippen LogP contribution in [0.3, 0.4) is 0 Å². The van der Waals surface area contributed by atoms with Crippen molar-refractivity contribution in [3.8, 4) is 0 Å². The first-order valence-corrected chi connectivity index (χ1v) is 10.3. The molecule has 2 aromatic rings. The van der Waals surface area contributed by atoms with Gasteiger partial charge in [-0.2, -0.15) is 0 Å². The Balaban J connectivity index is 1.88. The van der Waals surface area contributed by atoms with E-state index in [2.05, 4.69) is 5.32 Å². The van der Waals surface area contributed by atoms with Crippen molar-refractivity contribution in [3.05, 3.63) is 35.1 Å². The van der Waals surface area contributed by atoms with Gasteiger partial charge in [-0.1, -0.05) is 19.1 Å². The number of hydrogen-bond acceptors (Lipinski definition) is 4. The zero-order valence-corrected chi connectivity index (χ0v) is 16.1. The highest BCUT2D eigenvalue weighted by atomic mass is 32.2. The topological polar surface area (TPSA) is 79.6 Å². The Kier molecular flexibility index (Phi) is 6.24. The summed E-state index contributed by atoms with van der Waals surface area (Å²) in [6.45, 7) is 7.12. The average molecular weight is 366 g/mol. The molecule has 0 radical (unpaired) electrons. The van der Waals surface area contributed by atoms with Gasteiger partial charge in [-0.15, -0.1) is 0 Å². The number of fused-ring (bicyclic) bond motifs is 1. The third-order valence-corrected chi connectivity index (χ3v) is 5.80. The van der Waals surface area contributed by atoms with E-state index in [0.717, 1.165) is 27.7 Å². The Labute approximate surface area is 149 Å². The Hall–Kier alpha value is -1.86. The molecule has 1 N–H and O–H groups in total. The van der Waals surface area contributed by atoms with Gasteiger partial charge in [-0.25, -0.2) is 12.7 Å². The lowest BCUT2D eigenvalue weighted by molar-refractivity contribution is -0.120. The van der Waals surface area contributed by atoms with Crippen LogP contribution in [0.25, 0.3) is 11.0 Å². The number of carbonyl (C=O) groups is 1. The van der Waals surface area contributed by atoms with Crippen LogP contribution in [-0.2, 0) is 21.2 Å². The maximum atomic E-state index is 12.1. The van der Waals surface area contributed by atoms with E-state index in [4.69, 9.17) is 4.42 Å². The summed E-state index contributed by atoms with van der Waals surface area (Å²) < 4.78 is 30.0. The number of amides is 1. The minimum Gasteiger partial charge on any atom is -0.464 e. The van der Waals surface area contributed by atoms with E-state index in [1.54, 1.807) is 13.2 Å². The van der Waals surface area contributed by atoms with Crippen LogP contribution in [-0.4, -0.2) is 44.5 Å². The molecule has 0 bridgehead atoms. The van der Waals surface area contributed by atoms with Gasteiger partial charge in [0.2, 0.25) is 15.9 Å². The van der Waals surface area contributed by atoms with Gasteiger partial charge < -0.3 is 9.73 Å². The van der Waals surface area contributed by atoms with E-state index in [9.17, 15) is 13.2 Å². The summed E-state index contributed by atoms with van der Waals surface area (Å²) in [5.41, 5.74) is 3.94. The van der Waals surface area contributed by atoms with Crippen LogP contribution in [0.15, 0.2) is 22.8 Å². The van der Waals surface area contributed by atoms with Gasteiger partial charge >= 0.3 is 0 Å². The second-order valence-electron chi connectivity index (χ2n) is 6.28. The highest BCUT2D eigenvalue weighted by Gasteiger charge is 2.15. The fourth-order valence-electron chi connectivity index (χ4n) is 2.80. The van der Waals surface area contributed by atoms with Crippen molar-refractivity contribution < 1.29 is 17.6 Å². The minimum atomic E-state index is -3.18. The maximum Gasteiger partial charge on any atom is 0.224 e. The lowest BCUT2D eigenvalue weighted by Crippen LogP contribution is -2.33. The van der Waals surface area contributed by atoms with Crippen LogP contribution in [0.1, 0.15) is 30.0 Å². The fraction of sp³-hybridized carbons (Fsp3) is 0.500. The summed E-state index contributed by atoms with van der Waals surface area (Å²) >= 11 is 0. The lowest BCUT2D eigenvalue weighted by Gasteiger charge is -2.17. The molecule has 7 heteroatoms. The van der Waals surface area contributed by atoms with E-state index in [1.807, 2.05) is 26.0 Å². The quantitative estimate of drug-likeness (QED) is 0.728. The van der Waals surface area contributed by atoms with Gasteiger partial charge in [0.1, 0.15) is 5.58 Å². The number of benzene rings is 1. The smallest absolute Gasteiger partial charge is 0.224 e. The molecule has 1 aromatic heterocycles. The lowest BCUT2D eigenvalue weighted by atomic mass is 10.0. The van der Waals surface area contributed by atoms with Gasteiger partial charge in [-0.3, -0.25) is 4.79 Å². The monoisotopic (exact) mass is 366 g/mol. The Morgan fingerprint density at radius 2 is 2.00 bits per heavy atom. The molecule has 0 aliphatic rings. The Bertz CT molecular complexity index is 855. The molecule has 0 spiro atoms. The molecule has 1 heterocycles. The number of nitrogens with one attached hydrogen (secondary N) is 1. The highest BCUT2D eigenvalue weighted by molar-refractivity contribution is 7.88. The van der Waals surface area contributed by atoms with E-state index in [1.165, 1.54) is 10.6 Å². The molecular weight excluding hydrogens is 340 g/mol. The summed E-state index contributed by atoms with van der Waals surface area (Å²) in [6.07, 6.45) is 3.66. The number of rotatable bonds is 8. The second kappa shape index (κ2) is 8.01. The number of carbonyl (C=O) groups excluding carboxylic acids is 1. The van der Waals surface area contributed by atoms with Crippen molar-refractivity contribution in [1.82, 2.24) is 9.62 Å². The first-order valence-electron chi connectivity index (χ1n) is 8.42. The molecule has 1 amide bonds. The minimum absolute atomic E-state index is 0.0941. The molecule has 0 saturated carbocycles. The van der Waals surface area contributed by atoms with Crippen molar-refractivity contribution in [2.45, 2.75) is 33.6 Å². The number of nitrogens with zero attached hydrogens (tertiary/aromatic N) is 1. The standard InChI is InChI=1S/C18H26N2O4S/c1-5-20(25(4,22)23)10-6-9-19-17(21)11-15-12-24-18-14(3)13(2)7-8-16(15)18/h7-8,12H,5-6,9-11H2,1-4H3,(H,19,21). The Morgan fingerprint density at radius 1 is 1.28 bits per heavy atom. The van der Waals surface area contributed by atoms with Gasteiger partial charge in [0.25, 0.3) is 0 Å². The summed E-state index contributed by atoms with van der Waals surface area (Å²) in [5, 5.41) is 3.81. The highest BCUT2D eigenvalue weighted by Crippen LogP contribution is 2.26. The van der Waals surface area contributed by atoms with Crippen LogP contribution in [0.2, 0.25) is 0 Å². The normalized spacial score (nSPS) is 12.0. The maximum absolute atomic E-state index is 12.1. The molecular formula is C18H26N2O4S. The van der Waals surface area contributed by atoms with E-state index in [-0.39, 0.29) is 12.3 Å². The van der Waals surface area contributed by atoms with Crippen LogP contribution in [0.4, 0.5) is 0 Å². The van der Waals surface area contributed by atoms with Gasteiger partial charge in [0.15, 0.2) is 0 Å². The summed E-state index contributed by atoms with van der Waals surface area (Å²) in [7, 11) is -3.18. The molecule has 0 saturated heterocycles. The molecule has 6 nitrogen and oxygen atoms in total. The zero-order valence-electron chi connectivity index (χ0n) is 15.3. The van der Waals surface area contributed by atoms with E-state index >= 15 is 0 Å². The van der Waals surface area contributed by atoms with Crippen LogP contribution in [0, 0.1) is 13.8 Å². The van der Waals surface area contributed by atoms with Crippen LogP contribution in [0.5, 0.6) is 0 Å². The molecule has 25 heavy (non-hydrogen) atoms. The average Bonchev–Trinajstić information content (AvgIpc) is 2.93. The Morgan fingerprint density at radius 3 is 2.64 bits per heavy atom. The molecule has 0 aliphatic carbocycles. The van der Waals surface area contributed by atoms with Gasteiger partial charge in [0.05, 0.1) is 18.9 Å². The summed E-state index contributed by atoms with van der Waals surface area (Å²) in [6, 6.07) is 4.01. The van der Waals surface area contributed by atoms with E-state index < -0.39 is 10.0 Å². The fourth-order valence-corrected chi connectivity index (χ4v) is 3.73. The van der Waals surface area contributed by atoms with Crippen molar-refractivity contribution in [2.75, 3.05) is 25.9 Å². The predicted octanol–water partition coefficient (Wildman–Crippen LogP) is 2.38. The molecule has 2 rings (SSSR count). The molecule has 0 fully saturated rings. The van der Waals surface area contributed by atoms with Gasteiger partial charge in [-0.05, 0) is 31.4 Å². The van der Waals surface area contributed by atoms with Crippen molar-refractivity contribution in [3.63, 3.8) is 0 Å². The van der Waals surface area contributed by atoms with Gasteiger partial charge in [0, 0.05) is 30.6 Å². The largest absolute Gasteiger partial charge is 0.464 e. The molecule has 138 valence electrons. The first-order chi connectivity index (χ1) is 11.7. The molecule has 0 atom stereocenters. The molecule has 0 unspecified atom stereocenters. The number of aryl methyl sites for hydroxylation is 2. The SMILES string of the molecule is CCN(CCCNC(=O)Cc1coc2c(C)c(C)ccc12)S(C)(=O)=O. The number of sulfonamides is 1. The third kappa shape index (κ3) is 4.83. The first kappa shape index (κ1) is 19.5. The van der Waals surface area contributed by atoms with Crippen LogP contribution >= 0.6 is 0 Å². The predicted molar refractivity (Wildman–Crippen MR) is 99.1 cm³/mol. The second-order valence-corrected chi connectivity index (χ2v) is 8.26.